The van der Waals surface area contributed by atoms with E-state index in [9.17, 15) is 5.11 Å². The van der Waals surface area contributed by atoms with Gasteiger partial charge in [-0.1, -0.05) is 82.8 Å². The molecule has 0 saturated heterocycles. The lowest BCUT2D eigenvalue weighted by molar-refractivity contribution is -0.708. The molecule has 1 saturated carbocycles. The highest BCUT2D eigenvalue weighted by Crippen LogP contribution is 2.44. The van der Waals surface area contributed by atoms with Crippen LogP contribution in [0.3, 0.4) is 0 Å². The number of hydrogen-bond donors (Lipinski definition) is 2. The maximum atomic E-state index is 10.1. The number of rotatable bonds is 7. The summed E-state index contributed by atoms with van der Waals surface area (Å²) in [5.41, 5.74) is 7.79. The second-order valence-electron chi connectivity index (χ2n) is 14.1. The maximum absolute atomic E-state index is 10.1. The first kappa shape index (κ1) is 31.2. The molecule has 4 unspecified atom stereocenters. The molecule has 4 nitrogen and oxygen atoms in total. The molecule has 1 fully saturated rings. The van der Waals surface area contributed by atoms with Crippen molar-refractivity contribution in [3.8, 4) is 11.3 Å². The van der Waals surface area contributed by atoms with E-state index in [1.165, 1.54) is 48.9 Å². The van der Waals surface area contributed by atoms with Gasteiger partial charge in [-0.05, 0) is 73.8 Å². The van der Waals surface area contributed by atoms with Crippen LogP contribution in [0.4, 0.5) is 0 Å². The highest BCUT2D eigenvalue weighted by atomic mass is 28.3. The number of fused-ring (bicyclic) bond motifs is 6. The number of hydrogen-bond acceptors (Lipinski definition) is 3. The van der Waals surface area contributed by atoms with Crippen LogP contribution in [-0.2, 0) is 6.42 Å². The first-order valence-electron chi connectivity index (χ1n) is 16.4. The van der Waals surface area contributed by atoms with Crippen molar-refractivity contribution in [3.05, 3.63) is 97.6 Å². The second-order valence-corrected chi connectivity index (χ2v) is 19.2. The second kappa shape index (κ2) is 13.2. The average Bonchev–Trinajstić information content (AvgIpc) is 3.48. The lowest BCUT2D eigenvalue weighted by Crippen LogP contribution is -2.54. The Morgan fingerprint density at radius 2 is 1.84 bits per heavy atom. The summed E-state index contributed by atoms with van der Waals surface area (Å²) in [6.07, 6.45) is 16.7. The van der Waals surface area contributed by atoms with Crippen molar-refractivity contribution in [2.75, 3.05) is 6.54 Å². The minimum Gasteiger partial charge on any atom is -0.495 e. The van der Waals surface area contributed by atoms with E-state index in [-0.39, 0.29) is 29.8 Å². The van der Waals surface area contributed by atoms with Gasteiger partial charge in [0.15, 0.2) is 18.1 Å². The summed E-state index contributed by atoms with van der Waals surface area (Å²) in [4.78, 5) is 5.05. The molecule has 43 heavy (non-hydrogen) atoms. The number of aliphatic hydroxyl groups is 1. The van der Waals surface area contributed by atoms with E-state index in [2.05, 4.69) is 91.9 Å². The Morgan fingerprint density at radius 3 is 2.51 bits per heavy atom. The van der Waals surface area contributed by atoms with Crippen LogP contribution in [0.25, 0.3) is 11.3 Å². The number of pyridine rings is 1. The van der Waals surface area contributed by atoms with E-state index < -0.39 is 8.07 Å². The first-order valence-corrected chi connectivity index (χ1v) is 19.9. The molecular weight excluding hydrogens is 543 g/mol. The van der Waals surface area contributed by atoms with Crippen LogP contribution >= 0.6 is 0 Å². The van der Waals surface area contributed by atoms with Crippen molar-refractivity contribution in [3.63, 3.8) is 0 Å². The summed E-state index contributed by atoms with van der Waals surface area (Å²) in [5.74, 6) is 1.25. The predicted molar refractivity (Wildman–Crippen MR) is 185 cm³/mol. The van der Waals surface area contributed by atoms with E-state index in [1.807, 2.05) is 6.08 Å². The highest BCUT2D eigenvalue weighted by Gasteiger charge is 2.43. The van der Waals surface area contributed by atoms with Crippen LogP contribution in [0.15, 0.2) is 91.4 Å². The molecule has 1 aliphatic carbocycles. The van der Waals surface area contributed by atoms with Crippen LogP contribution in [0.5, 0.6) is 0 Å². The SMILES string of the molecule is C=C/C1=N/CC(=C)C2C(CCC(C=C)C(NC(=C)O)CC1)c1ccccc1-c1cc(CC3CCCC3)c([Si](C)(C)C)c[n+]12. The Bertz CT molecular complexity index is 1410. The van der Waals surface area contributed by atoms with Gasteiger partial charge in [-0.25, -0.2) is 0 Å². The quantitative estimate of drug-likeness (QED) is 0.147. The van der Waals surface area contributed by atoms with Crippen molar-refractivity contribution in [1.29, 1.82) is 0 Å². The molecule has 1 aromatic heterocycles. The number of nitrogens with one attached hydrogen (secondary N) is 1. The third-order valence-electron chi connectivity index (χ3n) is 10.1. The zero-order valence-corrected chi connectivity index (χ0v) is 27.7. The van der Waals surface area contributed by atoms with Gasteiger partial charge in [0.1, 0.15) is 0 Å². The van der Waals surface area contributed by atoms with E-state index >= 15 is 0 Å². The molecule has 0 spiro atoms. The Hall–Kier alpha value is -3.18. The van der Waals surface area contributed by atoms with Crippen LogP contribution in [0, 0.1) is 11.8 Å². The molecule has 0 bridgehead atoms. The van der Waals surface area contributed by atoms with E-state index in [0.717, 1.165) is 42.9 Å². The lowest BCUT2D eigenvalue weighted by Gasteiger charge is -2.35. The number of nitrogens with zero attached hydrogens (tertiary/aromatic N) is 2. The fraction of sp³-hybridized carbons (Fsp3) is 0.474. The third kappa shape index (κ3) is 6.82. The van der Waals surface area contributed by atoms with Gasteiger partial charge < -0.3 is 10.4 Å². The van der Waals surface area contributed by atoms with Crippen molar-refractivity contribution >= 4 is 19.0 Å². The smallest absolute Gasteiger partial charge is 0.213 e. The van der Waals surface area contributed by atoms with E-state index in [0.29, 0.717) is 6.54 Å². The lowest BCUT2D eigenvalue weighted by atomic mass is 9.75. The molecule has 0 radical (unpaired) electrons. The summed E-state index contributed by atoms with van der Waals surface area (Å²) >= 11 is 0. The summed E-state index contributed by atoms with van der Waals surface area (Å²) in [5, 5.41) is 14.9. The minimum absolute atomic E-state index is 0.00655. The number of benzene rings is 1. The molecular formula is C38H52N3OSi+. The van der Waals surface area contributed by atoms with Gasteiger partial charge in [0.25, 0.3) is 0 Å². The Labute approximate surface area is 261 Å². The van der Waals surface area contributed by atoms with Crippen molar-refractivity contribution in [2.45, 2.75) is 95.4 Å². The standard InChI is InChI=1S/C38H51N3OSi/c1-8-29-18-20-34-32-16-12-13-17-33(32)36-23-30(22-28-14-10-11-15-28)37(43(5,6)7)25-41(36)38(34)26(3)24-39-31(9-2)19-21-35(29)40-27(4)42/h8-9,12-13,16-17,23,25,28-29,34-35,38,40H,1-4,10-11,14-15,18-22,24H2,5-7H3/p+1/b39-31-. The number of aliphatic hydroxyl groups excluding tert-OH is 1. The summed E-state index contributed by atoms with van der Waals surface area (Å²) in [6, 6.07) is 11.7. The highest BCUT2D eigenvalue weighted by molar-refractivity contribution is 6.89. The van der Waals surface area contributed by atoms with Gasteiger partial charge in [-0.15, -0.1) is 6.58 Å². The third-order valence-corrected chi connectivity index (χ3v) is 12.2. The fourth-order valence-electron chi connectivity index (χ4n) is 7.95. The van der Waals surface area contributed by atoms with Crippen LogP contribution in [0.1, 0.15) is 74.5 Å². The zero-order chi connectivity index (χ0) is 30.7. The van der Waals surface area contributed by atoms with Crippen LogP contribution in [0.2, 0.25) is 19.6 Å². The predicted octanol–water partition coefficient (Wildman–Crippen LogP) is 8.10. The summed E-state index contributed by atoms with van der Waals surface area (Å²) in [6.45, 7) is 24.8. The number of allylic oxidation sites excluding steroid dienone is 1. The van der Waals surface area contributed by atoms with Gasteiger partial charge in [-0.3, -0.25) is 4.99 Å². The topological polar surface area (TPSA) is 48.5 Å². The van der Waals surface area contributed by atoms with Crippen molar-refractivity contribution in [2.24, 2.45) is 16.8 Å². The molecule has 2 aliphatic heterocycles. The van der Waals surface area contributed by atoms with Crippen molar-refractivity contribution in [1.82, 2.24) is 5.32 Å². The molecule has 4 atom stereocenters. The zero-order valence-electron chi connectivity index (χ0n) is 26.7. The van der Waals surface area contributed by atoms with Gasteiger partial charge in [-0.2, -0.15) is 4.57 Å². The van der Waals surface area contributed by atoms with Crippen molar-refractivity contribution < 1.29 is 9.67 Å². The first-order chi connectivity index (χ1) is 20.6. The van der Waals surface area contributed by atoms with Gasteiger partial charge >= 0.3 is 0 Å². The van der Waals surface area contributed by atoms with Gasteiger partial charge in [0, 0.05) is 34.1 Å². The molecule has 5 rings (SSSR count). The maximum Gasteiger partial charge on any atom is 0.213 e. The fourth-order valence-corrected chi connectivity index (χ4v) is 9.61. The largest absolute Gasteiger partial charge is 0.495 e. The molecule has 3 aliphatic rings. The average molecular weight is 595 g/mol. The number of aromatic nitrogens is 1. The van der Waals surface area contributed by atoms with Gasteiger partial charge in [0.05, 0.1) is 20.5 Å². The van der Waals surface area contributed by atoms with Crippen LogP contribution < -0.4 is 15.1 Å². The van der Waals surface area contributed by atoms with E-state index in [1.54, 1.807) is 10.8 Å². The summed E-state index contributed by atoms with van der Waals surface area (Å²) < 4.78 is 2.59. The van der Waals surface area contributed by atoms with E-state index in [4.69, 9.17) is 11.6 Å². The normalized spacial score (nSPS) is 26.0. The van der Waals surface area contributed by atoms with Crippen LogP contribution in [-0.4, -0.2) is 31.5 Å². The molecule has 3 heterocycles. The van der Waals surface area contributed by atoms with Gasteiger partial charge in [0.2, 0.25) is 5.69 Å². The molecule has 0 amide bonds. The minimum atomic E-state index is -1.64. The molecule has 2 N–H and O–H groups in total. The molecule has 2 aromatic rings. The monoisotopic (exact) mass is 594 g/mol. The molecule has 5 heteroatoms. The molecule has 1 aromatic carbocycles. The number of aliphatic imine (C=N–C) groups is 1. The Balaban J connectivity index is 1.66. The molecule has 228 valence electrons. The summed E-state index contributed by atoms with van der Waals surface area (Å²) in [7, 11) is -1.64. The Kier molecular flexibility index (Phi) is 9.60. The Morgan fingerprint density at radius 1 is 1.09 bits per heavy atom.